The van der Waals surface area contributed by atoms with Gasteiger partial charge < -0.3 is 14.7 Å². The van der Waals surface area contributed by atoms with Crippen LogP contribution in [0.5, 0.6) is 5.75 Å². The highest BCUT2D eigenvalue weighted by molar-refractivity contribution is 7.17. The second kappa shape index (κ2) is 5.84. The minimum absolute atomic E-state index is 0.0896. The molecule has 4 rings (SSSR count). The number of carboxylic acids is 1. The molecule has 8 heteroatoms. The van der Waals surface area contributed by atoms with E-state index in [-0.39, 0.29) is 12.3 Å². The number of imidazole rings is 1. The molecule has 0 fully saturated rings. The minimum atomic E-state index is -0.908. The van der Waals surface area contributed by atoms with Crippen molar-refractivity contribution in [2.75, 3.05) is 11.9 Å². The fourth-order valence-corrected chi connectivity index (χ4v) is 4.23. The number of ether oxygens (including phenoxy) is 1. The molecule has 0 spiro atoms. The van der Waals surface area contributed by atoms with Crippen molar-refractivity contribution in [3.05, 3.63) is 35.0 Å². The van der Waals surface area contributed by atoms with Gasteiger partial charge in [-0.15, -0.1) is 11.3 Å². The van der Waals surface area contributed by atoms with Crippen molar-refractivity contribution in [2.45, 2.75) is 26.4 Å². The first-order chi connectivity index (χ1) is 12.3. The van der Waals surface area contributed by atoms with Gasteiger partial charge in [-0.1, -0.05) is 0 Å². The number of hydrogen-bond acceptors (Lipinski definition) is 5. The first-order valence-electron chi connectivity index (χ1n) is 8.13. The summed E-state index contributed by atoms with van der Waals surface area (Å²) < 4.78 is 7.59. The Labute approximate surface area is 153 Å². The second-order valence-corrected chi connectivity index (χ2v) is 7.48. The summed E-state index contributed by atoms with van der Waals surface area (Å²) in [5, 5.41) is 8.98. The third-order valence-corrected chi connectivity index (χ3v) is 5.42. The molecule has 3 heterocycles. The number of aromatic nitrogens is 2. The van der Waals surface area contributed by atoms with E-state index >= 15 is 0 Å². The number of rotatable bonds is 3. The first-order valence-corrected chi connectivity index (χ1v) is 8.94. The Bertz CT molecular complexity index is 1050. The van der Waals surface area contributed by atoms with Crippen molar-refractivity contribution in [1.82, 2.24) is 9.38 Å². The topological polar surface area (TPSA) is 84.1 Å². The third-order valence-electron chi connectivity index (χ3n) is 4.45. The lowest BCUT2D eigenvalue weighted by Crippen LogP contribution is -2.41. The van der Waals surface area contributed by atoms with Gasteiger partial charge in [0.2, 0.25) is 0 Å². The van der Waals surface area contributed by atoms with E-state index in [0.717, 1.165) is 26.8 Å². The Balaban J connectivity index is 1.83. The molecule has 0 saturated carbocycles. The largest absolute Gasteiger partial charge is 0.481 e. The molecule has 1 aliphatic rings. The van der Waals surface area contributed by atoms with Crippen molar-refractivity contribution < 1.29 is 19.4 Å². The molecular formula is C18H17N3O4S. The average Bonchev–Trinajstić information content (AvgIpc) is 3.07. The molecule has 0 bridgehead atoms. The van der Waals surface area contributed by atoms with Crippen molar-refractivity contribution in [2.24, 2.45) is 0 Å². The number of likely N-dealkylation sites (N-methyl/N-ethyl adjacent to an activating group) is 1. The van der Waals surface area contributed by atoms with E-state index in [9.17, 15) is 9.59 Å². The lowest BCUT2D eigenvalue weighted by Gasteiger charge is -2.30. The standard InChI is InChI=1S/C18H17N3O4S/c1-9-17(24)20(3)13-6-11(4-5-14(13)25-9)16-10(2)26-18-19-12(7-15(22)23)8-21(16)18/h4-6,8-9H,7H2,1-3H3,(H,22,23). The molecule has 0 radical (unpaired) electrons. The third kappa shape index (κ3) is 2.53. The SMILES string of the molecule is Cc1sc2nc(CC(=O)O)cn2c1-c1ccc2c(c1)N(C)C(=O)C(C)O2. The summed E-state index contributed by atoms with van der Waals surface area (Å²) in [4.78, 5) is 31.0. The van der Waals surface area contributed by atoms with E-state index < -0.39 is 12.1 Å². The van der Waals surface area contributed by atoms with E-state index in [0.29, 0.717) is 11.4 Å². The van der Waals surface area contributed by atoms with Gasteiger partial charge in [0.1, 0.15) is 5.75 Å². The number of amides is 1. The van der Waals surface area contributed by atoms with Gasteiger partial charge in [0.05, 0.1) is 23.5 Å². The Morgan fingerprint density at radius 2 is 2.19 bits per heavy atom. The van der Waals surface area contributed by atoms with Gasteiger partial charge in [-0.3, -0.25) is 14.0 Å². The molecule has 7 nitrogen and oxygen atoms in total. The van der Waals surface area contributed by atoms with Crippen LogP contribution in [0.2, 0.25) is 0 Å². The molecule has 1 aromatic carbocycles. The number of nitrogens with zero attached hydrogens (tertiary/aromatic N) is 3. The predicted molar refractivity (Wildman–Crippen MR) is 98.1 cm³/mol. The highest BCUT2D eigenvalue weighted by Crippen LogP contribution is 2.39. The summed E-state index contributed by atoms with van der Waals surface area (Å²) in [5.74, 6) is -0.327. The van der Waals surface area contributed by atoms with E-state index in [1.807, 2.05) is 29.5 Å². The van der Waals surface area contributed by atoms with Gasteiger partial charge in [-0.25, -0.2) is 4.98 Å². The maximum absolute atomic E-state index is 12.2. The van der Waals surface area contributed by atoms with Crippen LogP contribution in [0.3, 0.4) is 0 Å². The fourth-order valence-electron chi connectivity index (χ4n) is 3.24. The van der Waals surface area contributed by atoms with E-state index in [1.165, 1.54) is 11.3 Å². The number of aliphatic carboxylic acids is 1. The molecule has 1 aliphatic heterocycles. The molecular weight excluding hydrogens is 354 g/mol. The number of carboxylic acid groups (broad SMARTS) is 1. The Morgan fingerprint density at radius 3 is 2.92 bits per heavy atom. The number of anilines is 1. The molecule has 26 heavy (non-hydrogen) atoms. The van der Waals surface area contributed by atoms with Gasteiger partial charge in [0.15, 0.2) is 11.1 Å². The zero-order chi connectivity index (χ0) is 18.6. The quantitative estimate of drug-likeness (QED) is 0.765. The number of carbonyl (C=O) groups is 2. The fraction of sp³-hybridized carbons (Fsp3) is 0.278. The van der Waals surface area contributed by atoms with Gasteiger partial charge >= 0.3 is 5.97 Å². The molecule has 0 saturated heterocycles. The Kier molecular flexibility index (Phi) is 3.73. The number of benzene rings is 1. The Morgan fingerprint density at radius 1 is 1.42 bits per heavy atom. The van der Waals surface area contributed by atoms with E-state index in [4.69, 9.17) is 9.84 Å². The number of carbonyl (C=O) groups excluding carboxylic acids is 1. The zero-order valence-electron chi connectivity index (χ0n) is 14.5. The van der Waals surface area contributed by atoms with Crippen LogP contribution in [0.15, 0.2) is 24.4 Å². The first kappa shape index (κ1) is 16.6. The van der Waals surface area contributed by atoms with Crippen LogP contribution in [-0.4, -0.2) is 39.5 Å². The number of aryl methyl sites for hydroxylation is 1. The maximum atomic E-state index is 12.2. The number of fused-ring (bicyclic) bond motifs is 2. The molecule has 1 atom stereocenters. The van der Waals surface area contributed by atoms with Crippen LogP contribution in [0.1, 0.15) is 17.5 Å². The summed E-state index contributed by atoms with van der Waals surface area (Å²) in [6.07, 6.45) is 1.15. The molecule has 1 amide bonds. The number of hydrogen-bond donors (Lipinski definition) is 1. The monoisotopic (exact) mass is 371 g/mol. The van der Waals surface area contributed by atoms with E-state index in [1.54, 1.807) is 25.1 Å². The van der Waals surface area contributed by atoms with Crippen LogP contribution in [0.4, 0.5) is 5.69 Å². The normalized spacial score (nSPS) is 16.7. The van der Waals surface area contributed by atoms with Gasteiger partial charge in [0, 0.05) is 23.7 Å². The summed E-state index contributed by atoms with van der Waals surface area (Å²) in [6, 6.07) is 5.73. The maximum Gasteiger partial charge on any atom is 0.309 e. The molecule has 1 N–H and O–H groups in total. The van der Waals surface area contributed by atoms with Crippen molar-refractivity contribution >= 4 is 33.9 Å². The summed E-state index contributed by atoms with van der Waals surface area (Å²) in [6.45, 7) is 3.73. The second-order valence-electron chi connectivity index (χ2n) is 6.30. The number of thiazole rings is 1. The van der Waals surface area contributed by atoms with Gasteiger partial charge in [-0.05, 0) is 32.0 Å². The predicted octanol–water partition coefficient (Wildman–Crippen LogP) is 2.74. The molecule has 134 valence electrons. The lowest BCUT2D eigenvalue weighted by atomic mass is 10.1. The zero-order valence-corrected chi connectivity index (χ0v) is 15.3. The van der Waals surface area contributed by atoms with Crippen molar-refractivity contribution in [1.29, 1.82) is 0 Å². The molecule has 2 aromatic heterocycles. The minimum Gasteiger partial charge on any atom is -0.481 e. The highest BCUT2D eigenvalue weighted by atomic mass is 32.1. The smallest absolute Gasteiger partial charge is 0.309 e. The molecule has 0 aliphatic carbocycles. The average molecular weight is 371 g/mol. The lowest BCUT2D eigenvalue weighted by molar-refractivity contribution is -0.136. The van der Waals surface area contributed by atoms with Gasteiger partial charge in [-0.2, -0.15) is 0 Å². The Hall–Kier alpha value is -2.87. The summed E-state index contributed by atoms with van der Waals surface area (Å²) >= 11 is 1.51. The summed E-state index contributed by atoms with van der Waals surface area (Å²) in [5.41, 5.74) is 3.10. The van der Waals surface area contributed by atoms with Crippen molar-refractivity contribution in [3.63, 3.8) is 0 Å². The molecule has 1 unspecified atom stereocenters. The summed E-state index contributed by atoms with van der Waals surface area (Å²) in [7, 11) is 1.74. The highest BCUT2D eigenvalue weighted by Gasteiger charge is 2.29. The van der Waals surface area contributed by atoms with Crippen LogP contribution in [-0.2, 0) is 16.0 Å². The molecule has 3 aromatic rings. The van der Waals surface area contributed by atoms with Crippen LogP contribution >= 0.6 is 11.3 Å². The van der Waals surface area contributed by atoms with Crippen LogP contribution in [0.25, 0.3) is 16.2 Å². The van der Waals surface area contributed by atoms with Gasteiger partial charge in [0.25, 0.3) is 5.91 Å². The van der Waals surface area contributed by atoms with Crippen LogP contribution in [0, 0.1) is 6.92 Å². The van der Waals surface area contributed by atoms with Crippen molar-refractivity contribution in [3.8, 4) is 17.0 Å². The van der Waals surface area contributed by atoms with Crippen LogP contribution < -0.4 is 9.64 Å². The van der Waals surface area contributed by atoms with E-state index in [2.05, 4.69) is 4.98 Å².